The molecule has 0 aromatic heterocycles. The highest BCUT2D eigenvalue weighted by molar-refractivity contribution is 5.94. The molecule has 0 unspecified atom stereocenters. The van der Waals surface area contributed by atoms with E-state index >= 15 is 0 Å². The Bertz CT molecular complexity index is 2140. The second kappa shape index (κ2) is 42.7. The van der Waals surface area contributed by atoms with Crippen molar-refractivity contribution in [3.8, 4) is 0 Å². The molecule has 2 amide bonds. The van der Waals surface area contributed by atoms with Crippen LogP contribution in [0, 0.1) is 11.6 Å². The van der Waals surface area contributed by atoms with Crippen LogP contribution in [-0.4, -0.2) is 215 Å². The van der Waals surface area contributed by atoms with Gasteiger partial charge in [-0.2, -0.15) is 0 Å². The van der Waals surface area contributed by atoms with Crippen LogP contribution < -0.4 is 10.6 Å². The number of ether oxygens (including phenoxy) is 6. The molecule has 14 N–H and O–H groups in total. The predicted octanol–water partition coefficient (Wildman–Crippen LogP) is 4.74. The standard InChI is InChI=1S/C64H108F2N2O21/c1-3-5-7-9-11-13-15-17-18-20-22-24-26-28-30-32-50(75)67-44(45(72)31-29-27-25-23-21-19-16-14-12-10-8-6-4-2)40-84-61-55(79)54(78)57(49(39-71)86-61)87-62-56(80)59(53(77)48(38-70)85-62)89-64(63(82)83)36-46(73)51(58(88-64)52(76)47(74)37-69)68-60(81)41-33-42(65)35-43(66)34-41/h29,31,33-35,44-49,51-59,61-62,69-74,76-80H,3-28,30,32,36-40H2,1-2H3,(H,67,75)(H,68,81)(H,82,83)/b31-29+/t44-,45+,46-,47+,48+,49+,51+,52+,53-,54+,55+,56+,57+,58+,59-,61+,62-,64-/m0/s1. The molecule has 3 aliphatic heterocycles. The van der Waals surface area contributed by atoms with Crippen molar-refractivity contribution in [2.45, 2.75) is 310 Å². The Labute approximate surface area is 523 Å². The van der Waals surface area contributed by atoms with E-state index in [4.69, 9.17) is 28.4 Å². The van der Waals surface area contributed by atoms with Crippen molar-refractivity contribution < 1.29 is 113 Å². The van der Waals surface area contributed by atoms with E-state index in [1.54, 1.807) is 6.08 Å². The van der Waals surface area contributed by atoms with Crippen molar-refractivity contribution in [3.63, 3.8) is 0 Å². The van der Waals surface area contributed by atoms with Gasteiger partial charge in [0.1, 0.15) is 78.8 Å². The molecular formula is C64H108F2N2O21. The number of aliphatic hydroxyl groups excluding tert-OH is 11. The lowest BCUT2D eigenvalue weighted by Gasteiger charge is -2.50. The number of carbonyl (C=O) groups is 3. The lowest BCUT2D eigenvalue weighted by Crippen LogP contribution is -2.71. The van der Waals surface area contributed by atoms with Gasteiger partial charge < -0.3 is 100 Å². The molecule has 3 heterocycles. The van der Waals surface area contributed by atoms with Crippen LogP contribution in [0.2, 0.25) is 0 Å². The molecule has 4 rings (SSSR count). The third kappa shape index (κ3) is 26.1. The van der Waals surface area contributed by atoms with Crippen LogP contribution in [0.3, 0.4) is 0 Å². The molecule has 514 valence electrons. The van der Waals surface area contributed by atoms with Crippen molar-refractivity contribution in [2.75, 3.05) is 26.4 Å². The first kappa shape index (κ1) is 78.0. The Hall–Kier alpha value is -3.45. The lowest BCUT2D eigenvalue weighted by molar-refractivity contribution is -0.386. The zero-order chi connectivity index (χ0) is 65.3. The number of halogens is 2. The quantitative estimate of drug-likeness (QED) is 0.0310. The summed E-state index contributed by atoms with van der Waals surface area (Å²) in [6.45, 7) is 0.774. The van der Waals surface area contributed by atoms with Crippen molar-refractivity contribution in [1.82, 2.24) is 10.6 Å². The Kier molecular flexibility index (Phi) is 37.4. The molecule has 0 aliphatic carbocycles. The van der Waals surface area contributed by atoms with Crippen LogP contribution in [0.5, 0.6) is 0 Å². The number of amides is 2. The molecule has 18 atom stereocenters. The molecule has 3 aliphatic rings. The third-order valence-electron chi connectivity index (χ3n) is 17.0. The fraction of sp³-hybridized carbons (Fsp3) is 0.828. The first-order valence-corrected chi connectivity index (χ1v) is 32.9. The normalized spacial score (nSPS) is 28.8. The summed E-state index contributed by atoms with van der Waals surface area (Å²) < 4.78 is 62.9. The number of carboxylic acid groups (broad SMARTS) is 1. The zero-order valence-corrected chi connectivity index (χ0v) is 52.3. The molecular weight excluding hydrogens is 1170 g/mol. The molecule has 1 aromatic rings. The smallest absolute Gasteiger partial charge is 0.364 e. The van der Waals surface area contributed by atoms with E-state index in [-0.39, 0.29) is 12.3 Å². The Morgan fingerprint density at radius 3 is 1.66 bits per heavy atom. The molecule has 3 saturated heterocycles. The molecule has 89 heavy (non-hydrogen) atoms. The van der Waals surface area contributed by atoms with E-state index in [2.05, 4.69) is 24.5 Å². The van der Waals surface area contributed by atoms with Crippen LogP contribution in [0.4, 0.5) is 8.78 Å². The highest BCUT2D eigenvalue weighted by atomic mass is 19.1. The number of rotatable bonds is 46. The van der Waals surface area contributed by atoms with Crippen LogP contribution in [0.1, 0.15) is 210 Å². The van der Waals surface area contributed by atoms with Gasteiger partial charge in [0, 0.05) is 24.5 Å². The number of carboxylic acids is 1. The van der Waals surface area contributed by atoms with E-state index in [9.17, 15) is 84.4 Å². The fourth-order valence-corrected chi connectivity index (χ4v) is 11.6. The summed E-state index contributed by atoms with van der Waals surface area (Å²) >= 11 is 0. The number of carbonyl (C=O) groups excluding carboxylic acids is 2. The number of unbranched alkanes of at least 4 members (excludes halogenated alkanes) is 25. The summed E-state index contributed by atoms with van der Waals surface area (Å²) in [7, 11) is 0. The van der Waals surface area contributed by atoms with Gasteiger partial charge in [-0.05, 0) is 31.4 Å². The monoisotopic (exact) mass is 1280 g/mol. The predicted molar refractivity (Wildman–Crippen MR) is 321 cm³/mol. The highest BCUT2D eigenvalue weighted by Crippen LogP contribution is 2.39. The third-order valence-corrected chi connectivity index (χ3v) is 17.0. The first-order valence-electron chi connectivity index (χ1n) is 32.9. The van der Waals surface area contributed by atoms with Crippen LogP contribution >= 0.6 is 0 Å². The number of hydrogen-bond donors (Lipinski definition) is 14. The van der Waals surface area contributed by atoms with Crippen LogP contribution in [0.15, 0.2) is 30.4 Å². The van der Waals surface area contributed by atoms with E-state index in [1.807, 2.05) is 6.08 Å². The summed E-state index contributed by atoms with van der Waals surface area (Å²) in [6, 6.07) is -1.27. The van der Waals surface area contributed by atoms with Crippen molar-refractivity contribution in [1.29, 1.82) is 0 Å². The number of nitrogens with one attached hydrogen (secondary N) is 2. The number of aliphatic hydroxyl groups is 11. The number of benzene rings is 1. The van der Waals surface area contributed by atoms with Gasteiger partial charge in [-0.25, -0.2) is 13.6 Å². The van der Waals surface area contributed by atoms with Gasteiger partial charge in [0.25, 0.3) is 11.7 Å². The highest BCUT2D eigenvalue weighted by Gasteiger charge is 2.60. The molecule has 23 nitrogen and oxygen atoms in total. The SMILES string of the molecule is CCCCCCCCCCCCC/C=C/[C@@H](O)[C@H](CO[C@@H]1O[C@H](CO)[C@@H](O[C@@H]2O[C@H](CO)[C@H](O)[C@H](O[C@]3(C(=O)O)C[C@H](O)[C@@H](NC(=O)c4cc(F)cc(F)c4)[C@H]([C@H](O)[C@H](O)CO)O3)[C@H]2O)[C@H](O)[C@H]1O)NC(=O)CCCCCCCCCCCCCCCCC. The van der Waals surface area contributed by atoms with Crippen LogP contribution in [-0.2, 0) is 38.0 Å². The largest absolute Gasteiger partial charge is 0.477 e. The van der Waals surface area contributed by atoms with Crippen molar-refractivity contribution >= 4 is 17.8 Å². The van der Waals surface area contributed by atoms with Gasteiger partial charge in [-0.15, -0.1) is 0 Å². The van der Waals surface area contributed by atoms with Crippen molar-refractivity contribution in [3.05, 3.63) is 47.5 Å². The van der Waals surface area contributed by atoms with Gasteiger partial charge in [-0.1, -0.05) is 180 Å². The molecule has 3 fully saturated rings. The van der Waals surface area contributed by atoms with Gasteiger partial charge in [0.05, 0.1) is 50.7 Å². The molecule has 0 saturated carbocycles. The molecule has 0 bridgehead atoms. The summed E-state index contributed by atoms with van der Waals surface area (Å²) in [6.07, 6.45) is 3.33. The van der Waals surface area contributed by atoms with Gasteiger partial charge in [0.15, 0.2) is 12.6 Å². The Balaban J connectivity index is 1.41. The topological polar surface area (TPSA) is 373 Å². The second-order valence-electron chi connectivity index (χ2n) is 24.4. The van der Waals surface area contributed by atoms with E-state index in [0.717, 1.165) is 51.4 Å². The molecule has 1 aromatic carbocycles. The second-order valence-corrected chi connectivity index (χ2v) is 24.4. The fourth-order valence-electron chi connectivity index (χ4n) is 11.6. The zero-order valence-electron chi connectivity index (χ0n) is 52.3. The van der Waals surface area contributed by atoms with Crippen LogP contribution in [0.25, 0.3) is 0 Å². The summed E-state index contributed by atoms with van der Waals surface area (Å²) in [4.78, 5) is 39.8. The molecule has 0 radical (unpaired) electrons. The summed E-state index contributed by atoms with van der Waals surface area (Å²) in [5.74, 6) is -9.29. The summed E-state index contributed by atoms with van der Waals surface area (Å²) in [5.41, 5.74) is -0.628. The van der Waals surface area contributed by atoms with Gasteiger partial charge in [0.2, 0.25) is 5.91 Å². The number of hydrogen-bond acceptors (Lipinski definition) is 20. The Morgan fingerprint density at radius 2 is 1.16 bits per heavy atom. The average Bonchev–Trinajstić information content (AvgIpc) is 1.19. The average molecular weight is 1280 g/mol. The summed E-state index contributed by atoms with van der Waals surface area (Å²) in [5, 5.41) is 137. The van der Waals surface area contributed by atoms with E-state index < -0.39 is 172 Å². The minimum atomic E-state index is -3.25. The maximum atomic E-state index is 14.1. The van der Waals surface area contributed by atoms with E-state index in [0.29, 0.717) is 31.0 Å². The molecule has 25 heteroatoms. The van der Waals surface area contributed by atoms with Gasteiger partial charge >= 0.3 is 5.97 Å². The minimum Gasteiger partial charge on any atom is -0.477 e. The maximum Gasteiger partial charge on any atom is 0.364 e. The van der Waals surface area contributed by atoms with E-state index in [1.165, 1.54) is 109 Å². The van der Waals surface area contributed by atoms with Crippen molar-refractivity contribution in [2.24, 2.45) is 0 Å². The minimum absolute atomic E-state index is 0.181. The first-order chi connectivity index (χ1) is 42.7. The Morgan fingerprint density at radius 1 is 0.652 bits per heavy atom. The molecule has 0 spiro atoms. The number of allylic oxidation sites excluding steroid dienone is 1. The van der Waals surface area contributed by atoms with Gasteiger partial charge in [-0.3, -0.25) is 9.59 Å². The maximum absolute atomic E-state index is 14.1. The number of aliphatic carboxylic acids is 1. The lowest BCUT2D eigenvalue weighted by atomic mass is 9.88.